The van der Waals surface area contributed by atoms with E-state index in [0.717, 1.165) is 18.4 Å². The second-order valence-corrected chi connectivity index (χ2v) is 5.40. The number of likely N-dealkylation sites (tertiary alicyclic amines) is 1. The molecular weight excluding hydrogens is 266 g/mol. The number of nitrogens with zero attached hydrogens (tertiary/aromatic N) is 1. The second kappa shape index (κ2) is 6.74. The third-order valence-electron chi connectivity index (χ3n) is 4.22. The van der Waals surface area contributed by atoms with Gasteiger partial charge in [0, 0.05) is 6.42 Å². The Kier molecular flexibility index (Phi) is 4.99. The Morgan fingerprint density at radius 3 is 2.52 bits per heavy atom. The smallest absolute Gasteiger partial charge is 0.328 e. The first kappa shape index (κ1) is 15.5. The van der Waals surface area contributed by atoms with Gasteiger partial charge in [0.2, 0.25) is 5.91 Å². The van der Waals surface area contributed by atoms with Crippen molar-refractivity contribution in [2.75, 3.05) is 7.11 Å². The molecule has 114 valence electrons. The van der Waals surface area contributed by atoms with Gasteiger partial charge in [-0.05, 0) is 30.4 Å². The van der Waals surface area contributed by atoms with Gasteiger partial charge in [-0.3, -0.25) is 4.79 Å². The summed E-state index contributed by atoms with van der Waals surface area (Å²) < 4.78 is 4.85. The zero-order valence-corrected chi connectivity index (χ0v) is 13.0. The first-order valence-corrected chi connectivity index (χ1v) is 7.60. The molecule has 1 aromatic rings. The van der Waals surface area contributed by atoms with Gasteiger partial charge < -0.3 is 9.64 Å². The fourth-order valence-electron chi connectivity index (χ4n) is 3.03. The summed E-state index contributed by atoms with van der Waals surface area (Å²) in [5, 5.41) is 0. The van der Waals surface area contributed by atoms with Crippen molar-refractivity contribution >= 4 is 11.9 Å². The highest BCUT2D eigenvalue weighted by Crippen LogP contribution is 2.33. The molecule has 0 radical (unpaired) electrons. The Bertz CT molecular complexity index is 509. The number of methoxy groups -OCH3 is 1. The highest BCUT2D eigenvalue weighted by atomic mass is 16.5. The molecule has 1 aliphatic rings. The summed E-state index contributed by atoms with van der Waals surface area (Å²) in [4.78, 5) is 25.8. The fourth-order valence-corrected chi connectivity index (χ4v) is 3.03. The van der Waals surface area contributed by atoms with Gasteiger partial charge in [0.1, 0.15) is 6.04 Å². The minimum atomic E-state index is -0.446. The van der Waals surface area contributed by atoms with Gasteiger partial charge in [0.05, 0.1) is 13.2 Å². The van der Waals surface area contributed by atoms with Crippen molar-refractivity contribution in [2.24, 2.45) is 0 Å². The van der Waals surface area contributed by atoms with Gasteiger partial charge in [-0.1, -0.05) is 38.1 Å². The molecule has 1 aromatic carbocycles. The van der Waals surface area contributed by atoms with Crippen molar-refractivity contribution in [3.63, 3.8) is 0 Å². The molecule has 0 aliphatic carbocycles. The zero-order valence-electron chi connectivity index (χ0n) is 13.0. The summed E-state index contributed by atoms with van der Waals surface area (Å²) in [6.45, 7) is 4.15. The second-order valence-electron chi connectivity index (χ2n) is 5.40. The van der Waals surface area contributed by atoms with Crippen molar-refractivity contribution in [1.29, 1.82) is 0 Å². The predicted octanol–water partition coefficient (Wildman–Crippen LogP) is 2.86. The maximum Gasteiger partial charge on any atom is 0.328 e. The van der Waals surface area contributed by atoms with Gasteiger partial charge >= 0.3 is 5.97 Å². The maximum absolute atomic E-state index is 12.2. The quantitative estimate of drug-likeness (QED) is 0.783. The van der Waals surface area contributed by atoms with E-state index in [2.05, 4.69) is 31.2 Å². The predicted molar refractivity (Wildman–Crippen MR) is 80.7 cm³/mol. The molecule has 2 unspecified atom stereocenters. The molecule has 0 aromatic heterocycles. The van der Waals surface area contributed by atoms with Crippen LogP contribution in [-0.4, -0.2) is 29.9 Å². The average molecular weight is 289 g/mol. The molecular formula is C17H23NO3. The van der Waals surface area contributed by atoms with E-state index < -0.39 is 6.04 Å². The molecule has 1 aliphatic heterocycles. The molecule has 0 bridgehead atoms. The molecule has 21 heavy (non-hydrogen) atoms. The number of carbonyl (C=O) groups is 2. The van der Waals surface area contributed by atoms with Crippen molar-refractivity contribution in [2.45, 2.75) is 51.6 Å². The first-order chi connectivity index (χ1) is 10.1. The van der Waals surface area contributed by atoms with E-state index in [1.165, 1.54) is 12.7 Å². The number of hydrogen-bond donors (Lipinski definition) is 0. The molecule has 2 atom stereocenters. The lowest BCUT2D eigenvalue weighted by atomic mass is 9.99. The first-order valence-electron chi connectivity index (χ1n) is 7.60. The lowest BCUT2D eigenvalue weighted by Gasteiger charge is -2.31. The Balaban J connectivity index is 2.29. The number of rotatable bonds is 5. The number of aryl methyl sites for hydroxylation is 1. The summed E-state index contributed by atoms with van der Waals surface area (Å²) in [5.74, 6) is -0.277. The maximum atomic E-state index is 12.2. The molecule has 4 heteroatoms. The summed E-state index contributed by atoms with van der Waals surface area (Å²) in [6, 6.07) is 7.80. The highest BCUT2D eigenvalue weighted by molar-refractivity contribution is 5.88. The minimum absolute atomic E-state index is 0.0387. The largest absolute Gasteiger partial charge is 0.467 e. The molecule has 1 heterocycles. The Labute approximate surface area is 126 Å². The topological polar surface area (TPSA) is 46.6 Å². The van der Waals surface area contributed by atoms with Crippen LogP contribution in [0.3, 0.4) is 0 Å². The lowest BCUT2D eigenvalue weighted by Crippen LogP contribution is -2.41. The average Bonchev–Trinajstić information content (AvgIpc) is 2.90. The molecule has 4 nitrogen and oxygen atoms in total. The molecule has 0 saturated carbocycles. The molecule has 1 saturated heterocycles. The van der Waals surface area contributed by atoms with E-state index >= 15 is 0 Å². The number of esters is 1. The van der Waals surface area contributed by atoms with Gasteiger partial charge in [-0.15, -0.1) is 0 Å². The zero-order chi connectivity index (χ0) is 15.4. The van der Waals surface area contributed by atoms with Crippen LogP contribution < -0.4 is 0 Å². The number of carbonyl (C=O) groups excluding carboxylic acids is 2. The van der Waals surface area contributed by atoms with E-state index in [-0.39, 0.29) is 17.9 Å². The van der Waals surface area contributed by atoms with Crippen LogP contribution in [0, 0.1) is 0 Å². The van der Waals surface area contributed by atoms with E-state index in [0.29, 0.717) is 12.8 Å². The Morgan fingerprint density at radius 2 is 2.00 bits per heavy atom. The summed E-state index contributed by atoms with van der Waals surface area (Å²) in [5.41, 5.74) is 2.35. The van der Waals surface area contributed by atoms with Crippen LogP contribution in [-0.2, 0) is 20.7 Å². The van der Waals surface area contributed by atoms with Crippen LogP contribution in [0.5, 0.6) is 0 Å². The number of benzene rings is 1. The van der Waals surface area contributed by atoms with Crippen LogP contribution in [0.4, 0.5) is 0 Å². The van der Waals surface area contributed by atoms with Crippen molar-refractivity contribution in [3.05, 3.63) is 35.4 Å². The summed E-state index contributed by atoms with van der Waals surface area (Å²) in [7, 11) is 1.38. The van der Waals surface area contributed by atoms with Gasteiger partial charge in [-0.25, -0.2) is 4.79 Å². The number of amides is 1. The monoisotopic (exact) mass is 289 g/mol. The summed E-state index contributed by atoms with van der Waals surface area (Å²) >= 11 is 0. The van der Waals surface area contributed by atoms with E-state index in [1.54, 1.807) is 4.90 Å². The molecule has 0 spiro atoms. The SMILES string of the molecule is CCc1ccc(C(CC)N2C(=O)CCC2C(=O)OC)cc1. The van der Waals surface area contributed by atoms with Gasteiger partial charge in [-0.2, -0.15) is 0 Å². The normalized spacial score (nSPS) is 19.7. The minimum Gasteiger partial charge on any atom is -0.467 e. The van der Waals surface area contributed by atoms with Crippen molar-refractivity contribution < 1.29 is 14.3 Å². The standard InChI is InChI=1S/C17H23NO3/c1-4-12-6-8-13(9-7-12)14(5-2)18-15(17(20)21-3)10-11-16(18)19/h6-9,14-15H,4-5,10-11H2,1-3H3. The Morgan fingerprint density at radius 1 is 1.33 bits per heavy atom. The van der Waals surface area contributed by atoms with Crippen LogP contribution in [0.2, 0.25) is 0 Å². The van der Waals surface area contributed by atoms with Crippen LogP contribution in [0.25, 0.3) is 0 Å². The lowest BCUT2D eigenvalue weighted by molar-refractivity contribution is -0.151. The number of hydrogen-bond acceptors (Lipinski definition) is 3. The van der Waals surface area contributed by atoms with Crippen LogP contribution in [0.15, 0.2) is 24.3 Å². The third kappa shape index (κ3) is 3.09. The van der Waals surface area contributed by atoms with Gasteiger partial charge in [0.25, 0.3) is 0 Å². The molecule has 1 fully saturated rings. The highest BCUT2D eigenvalue weighted by Gasteiger charge is 2.40. The van der Waals surface area contributed by atoms with E-state index in [4.69, 9.17) is 4.74 Å². The van der Waals surface area contributed by atoms with E-state index in [1.807, 2.05) is 6.92 Å². The van der Waals surface area contributed by atoms with Crippen LogP contribution in [0.1, 0.15) is 50.3 Å². The van der Waals surface area contributed by atoms with Crippen molar-refractivity contribution in [3.8, 4) is 0 Å². The molecule has 2 rings (SSSR count). The van der Waals surface area contributed by atoms with Gasteiger partial charge in [0.15, 0.2) is 0 Å². The fraction of sp³-hybridized carbons (Fsp3) is 0.529. The van der Waals surface area contributed by atoms with E-state index in [9.17, 15) is 9.59 Å². The third-order valence-corrected chi connectivity index (χ3v) is 4.22. The van der Waals surface area contributed by atoms with Crippen LogP contribution >= 0.6 is 0 Å². The Hall–Kier alpha value is -1.84. The molecule has 1 amide bonds. The van der Waals surface area contributed by atoms with Crippen molar-refractivity contribution in [1.82, 2.24) is 4.90 Å². The molecule has 0 N–H and O–H groups in total. The summed E-state index contributed by atoms with van der Waals surface area (Å²) in [6.07, 6.45) is 2.74. The number of ether oxygens (including phenoxy) is 1.